The van der Waals surface area contributed by atoms with E-state index in [2.05, 4.69) is 11.8 Å². The standard InChI is InChI=1S/C30H44N4O6/c1-4-5-14-32(15-6-13-31(2)3)28(37)20-33-19-23(21-7-8-25-22(18-21)12-17-40-25)29(30(38)39)24(33)11-16-34-26(35)9-10-27(34)36/h7-8,18,23-24,29H,4-6,9-17,19-20H2,1-3H3,(H,38,39)/t23-,24+,29-/m1/s1. The minimum atomic E-state index is -0.922. The second kappa shape index (κ2) is 13.6. The molecular formula is C30H44N4O6. The summed E-state index contributed by atoms with van der Waals surface area (Å²) in [7, 11) is 4.03. The van der Waals surface area contributed by atoms with Gasteiger partial charge in [0.05, 0.1) is 19.1 Å². The first kappa shape index (κ1) is 30.0. The van der Waals surface area contributed by atoms with Crippen molar-refractivity contribution in [1.82, 2.24) is 19.6 Å². The molecule has 3 heterocycles. The van der Waals surface area contributed by atoms with E-state index >= 15 is 0 Å². The van der Waals surface area contributed by atoms with Crippen molar-refractivity contribution in [1.29, 1.82) is 0 Å². The van der Waals surface area contributed by atoms with Gasteiger partial charge in [0.2, 0.25) is 17.7 Å². The third-order valence-electron chi connectivity index (χ3n) is 8.48. The minimum absolute atomic E-state index is 0.00215. The summed E-state index contributed by atoms with van der Waals surface area (Å²) in [5, 5.41) is 10.5. The lowest BCUT2D eigenvalue weighted by Crippen LogP contribution is -2.46. The van der Waals surface area contributed by atoms with Crippen LogP contribution in [0.2, 0.25) is 0 Å². The van der Waals surface area contributed by atoms with Gasteiger partial charge in [-0.2, -0.15) is 0 Å². The van der Waals surface area contributed by atoms with E-state index in [1.165, 1.54) is 4.90 Å². The molecule has 0 radical (unpaired) electrons. The molecule has 0 aliphatic carbocycles. The Morgan fingerprint density at radius 1 is 1.05 bits per heavy atom. The van der Waals surface area contributed by atoms with Gasteiger partial charge in [-0.3, -0.25) is 29.0 Å². The number of carbonyl (C=O) groups is 4. The molecule has 1 aromatic carbocycles. The van der Waals surface area contributed by atoms with Gasteiger partial charge in [-0.05, 0) is 57.1 Å². The van der Waals surface area contributed by atoms with E-state index in [9.17, 15) is 24.3 Å². The molecule has 0 saturated carbocycles. The fourth-order valence-electron chi connectivity index (χ4n) is 6.32. The highest BCUT2D eigenvalue weighted by Gasteiger charge is 2.47. The predicted molar refractivity (Wildman–Crippen MR) is 150 cm³/mol. The molecule has 220 valence electrons. The van der Waals surface area contributed by atoms with Crippen LogP contribution in [0.1, 0.15) is 62.5 Å². The normalized spacial score (nSPS) is 22.7. The summed E-state index contributed by atoms with van der Waals surface area (Å²) in [4.78, 5) is 58.3. The molecule has 3 amide bonds. The number of amides is 3. The fraction of sp³-hybridized carbons (Fsp3) is 0.667. The first-order chi connectivity index (χ1) is 19.2. The number of carboxylic acid groups (broad SMARTS) is 1. The molecule has 0 unspecified atom stereocenters. The number of hydrogen-bond acceptors (Lipinski definition) is 7. The molecule has 0 bridgehead atoms. The summed E-state index contributed by atoms with van der Waals surface area (Å²) in [6, 6.07) is 5.42. The largest absolute Gasteiger partial charge is 0.493 e. The first-order valence-electron chi connectivity index (χ1n) is 14.7. The highest BCUT2D eigenvalue weighted by molar-refractivity contribution is 6.01. The first-order valence-corrected chi connectivity index (χ1v) is 14.7. The molecule has 1 aromatic rings. The third-order valence-corrected chi connectivity index (χ3v) is 8.48. The van der Waals surface area contributed by atoms with Gasteiger partial charge in [0.25, 0.3) is 0 Å². The van der Waals surface area contributed by atoms with Crippen molar-refractivity contribution in [3.63, 3.8) is 0 Å². The van der Waals surface area contributed by atoms with E-state index in [4.69, 9.17) is 4.74 Å². The number of rotatable bonds is 14. The van der Waals surface area contributed by atoms with Gasteiger partial charge >= 0.3 is 5.97 Å². The van der Waals surface area contributed by atoms with Gasteiger partial charge < -0.3 is 19.6 Å². The van der Waals surface area contributed by atoms with Crippen molar-refractivity contribution >= 4 is 23.7 Å². The van der Waals surface area contributed by atoms with Gasteiger partial charge in [0.15, 0.2) is 0 Å². The minimum Gasteiger partial charge on any atom is -0.493 e. The Morgan fingerprint density at radius 2 is 1.77 bits per heavy atom. The molecule has 2 fully saturated rings. The van der Waals surface area contributed by atoms with Crippen LogP contribution in [0.3, 0.4) is 0 Å². The Bertz CT molecular complexity index is 1080. The van der Waals surface area contributed by atoms with Crippen LogP contribution in [0.25, 0.3) is 0 Å². The Hall–Kier alpha value is -2.98. The number of hydrogen-bond donors (Lipinski definition) is 1. The topological polar surface area (TPSA) is 111 Å². The van der Waals surface area contributed by atoms with Crippen LogP contribution >= 0.6 is 0 Å². The number of fused-ring (bicyclic) bond motifs is 1. The molecule has 0 aromatic heterocycles. The maximum Gasteiger partial charge on any atom is 0.308 e. The monoisotopic (exact) mass is 556 g/mol. The van der Waals surface area contributed by atoms with Crippen molar-refractivity contribution in [2.24, 2.45) is 5.92 Å². The molecule has 3 aliphatic rings. The molecule has 4 rings (SSSR count). The molecule has 1 N–H and O–H groups in total. The number of benzene rings is 1. The molecule has 10 nitrogen and oxygen atoms in total. The molecule has 10 heteroatoms. The van der Waals surface area contributed by atoms with E-state index < -0.39 is 17.9 Å². The van der Waals surface area contributed by atoms with Crippen LogP contribution < -0.4 is 4.74 Å². The van der Waals surface area contributed by atoms with Gasteiger partial charge in [0.1, 0.15) is 5.75 Å². The number of ether oxygens (including phenoxy) is 1. The number of unbranched alkanes of at least 4 members (excludes halogenated alkanes) is 1. The lowest BCUT2D eigenvalue weighted by atomic mass is 9.83. The Balaban J connectivity index is 1.57. The maximum absolute atomic E-state index is 13.7. The van der Waals surface area contributed by atoms with Crippen LogP contribution in [0.4, 0.5) is 0 Å². The van der Waals surface area contributed by atoms with Crippen LogP contribution in [0.15, 0.2) is 18.2 Å². The highest BCUT2D eigenvalue weighted by atomic mass is 16.5. The van der Waals surface area contributed by atoms with Gasteiger partial charge in [0, 0.05) is 57.4 Å². The molecular weight excluding hydrogens is 512 g/mol. The third kappa shape index (κ3) is 7.01. The van der Waals surface area contributed by atoms with Crippen molar-refractivity contribution in [2.45, 2.75) is 63.8 Å². The Kier molecular flexibility index (Phi) is 10.2. The molecule has 3 atom stereocenters. The second-order valence-electron chi connectivity index (χ2n) is 11.6. The summed E-state index contributed by atoms with van der Waals surface area (Å²) < 4.78 is 5.66. The lowest BCUT2D eigenvalue weighted by Gasteiger charge is -2.30. The second-order valence-corrected chi connectivity index (χ2v) is 11.6. The zero-order chi connectivity index (χ0) is 28.8. The van der Waals surface area contributed by atoms with Crippen LogP contribution in [-0.4, -0.2) is 114 Å². The molecule has 2 saturated heterocycles. The van der Waals surface area contributed by atoms with Crippen molar-refractivity contribution in [3.8, 4) is 5.75 Å². The predicted octanol–water partition coefficient (Wildman–Crippen LogP) is 2.21. The summed E-state index contributed by atoms with van der Waals surface area (Å²) >= 11 is 0. The summed E-state index contributed by atoms with van der Waals surface area (Å²) in [5.74, 6) is -1.58. The highest BCUT2D eigenvalue weighted by Crippen LogP contribution is 2.41. The number of imide groups is 1. The average molecular weight is 557 g/mol. The molecule has 0 spiro atoms. The van der Waals surface area contributed by atoms with E-state index in [0.29, 0.717) is 32.7 Å². The van der Waals surface area contributed by atoms with E-state index in [1.54, 1.807) is 0 Å². The van der Waals surface area contributed by atoms with E-state index in [0.717, 1.165) is 49.1 Å². The van der Waals surface area contributed by atoms with Crippen LogP contribution in [0, 0.1) is 5.92 Å². The number of aliphatic carboxylic acids is 1. The molecule has 3 aliphatic heterocycles. The lowest BCUT2D eigenvalue weighted by molar-refractivity contribution is -0.144. The molecule has 40 heavy (non-hydrogen) atoms. The average Bonchev–Trinajstić information content (AvgIpc) is 3.61. The zero-order valence-electron chi connectivity index (χ0n) is 24.1. The SMILES string of the molecule is CCCCN(CCCN(C)C)C(=O)CN1C[C@H](c2ccc3c(c2)CCO3)[C@@H](C(=O)O)[C@@H]1CCN1C(=O)CCC1=O. The van der Waals surface area contributed by atoms with E-state index in [-0.39, 0.29) is 49.6 Å². The quantitative estimate of drug-likeness (QED) is 0.348. The number of nitrogens with zero attached hydrogens (tertiary/aromatic N) is 4. The Morgan fingerprint density at radius 3 is 2.45 bits per heavy atom. The number of likely N-dealkylation sites (tertiary alicyclic amines) is 2. The van der Waals surface area contributed by atoms with Crippen molar-refractivity contribution in [3.05, 3.63) is 29.3 Å². The summed E-state index contributed by atoms with van der Waals surface area (Å²) in [5.41, 5.74) is 2.01. The zero-order valence-corrected chi connectivity index (χ0v) is 24.1. The Labute approximate surface area is 237 Å². The van der Waals surface area contributed by atoms with Crippen LogP contribution in [0.5, 0.6) is 5.75 Å². The maximum atomic E-state index is 13.7. The number of carboxylic acids is 1. The summed E-state index contributed by atoms with van der Waals surface area (Å²) in [6.45, 7) is 5.64. The van der Waals surface area contributed by atoms with Gasteiger partial charge in [-0.25, -0.2) is 0 Å². The number of carbonyl (C=O) groups excluding carboxylic acids is 3. The fourth-order valence-corrected chi connectivity index (χ4v) is 6.32. The van der Waals surface area contributed by atoms with E-state index in [1.807, 2.05) is 42.1 Å². The van der Waals surface area contributed by atoms with Gasteiger partial charge in [-0.1, -0.05) is 25.5 Å². The smallest absolute Gasteiger partial charge is 0.308 e. The summed E-state index contributed by atoms with van der Waals surface area (Å²) in [6.07, 6.45) is 4.27. The van der Waals surface area contributed by atoms with Crippen molar-refractivity contribution in [2.75, 3.05) is 60.0 Å². The van der Waals surface area contributed by atoms with Gasteiger partial charge in [-0.15, -0.1) is 0 Å². The van der Waals surface area contributed by atoms with Crippen LogP contribution in [-0.2, 0) is 25.6 Å². The van der Waals surface area contributed by atoms with Crippen molar-refractivity contribution < 1.29 is 29.0 Å².